The van der Waals surface area contributed by atoms with Gasteiger partial charge in [-0.3, -0.25) is 0 Å². The number of aliphatic hydroxyl groups is 1. The summed E-state index contributed by atoms with van der Waals surface area (Å²) in [6.07, 6.45) is 1.08. The Morgan fingerprint density at radius 2 is 2.05 bits per heavy atom. The number of aliphatic hydroxyl groups excluding tert-OH is 1. The van der Waals surface area contributed by atoms with E-state index >= 15 is 0 Å². The maximum Gasteiger partial charge on any atom is 0.104 e. The predicted octanol–water partition coefficient (Wildman–Crippen LogP) is 2.77. The molecule has 2 aromatic rings. The summed E-state index contributed by atoms with van der Waals surface area (Å²) in [5.74, 6) is 5.73. The summed E-state index contributed by atoms with van der Waals surface area (Å²) in [6.45, 7) is 1.81. The number of hydrogen-bond donors (Lipinski definition) is 1. The molecule has 0 amide bonds. The minimum atomic E-state index is -0.0947. The second-order valence-electron chi connectivity index (χ2n) is 4.68. The summed E-state index contributed by atoms with van der Waals surface area (Å²) in [6, 6.07) is 12.4. The SMILES string of the molecule is CN(CCc1cccs1)Cc1ccccc1C#CCO. The zero-order valence-electron chi connectivity index (χ0n) is 11.7. The fourth-order valence-electron chi connectivity index (χ4n) is 2.04. The molecule has 0 spiro atoms. The van der Waals surface area contributed by atoms with E-state index in [0.29, 0.717) is 0 Å². The Bertz CT molecular complexity index is 581. The molecule has 0 aliphatic rings. The highest BCUT2D eigenvalue weighted by Crippen LogP contribution is 2.12. The van der Waals surface area contributed by atoms with Gasteiger partial charge in [-0.2, -0.15) is 0 Å². The minimum Gasteiger partial charge on any atom is -0.384 e. The van der Waals surface area contributed by atoms with Gasteiger partial charge in [0.2, 0.25) is 0 Å². The van der Waals surface area contributed by atoms with E-state index in [1.54, 1.807) is 0 Å². The monoisotopic (exact) mass is 285 g/mol. The maximum absolute atomic E-state index is 8.81. The molecule has 2 nitrogen and oxygen atoms in total. The average molecular weight is 285 g/mol. The normalized spacial score (nSPS) is 10.3. The van der Waals surface area contributed by atoms with Crippen LogP contribution in [0.5, 0.6) is 0 Å². The third-order valence-corrected chi connectivity index (χ3v) is 4.02. The van der Waals surface area contributed by atoms with Gasteiger partial charge in [-0.15, -0.1) is 11.3 Å². The lowest BCUT2D eigenvalue weighted by Crippen LogP contribution is -2.21. The Hall–Kier alpha value is -1.60. The Morgan fingerprint density at radius 1 is 1.20 bits per heavy atom. The third-order valence-electron chi connectivity index (χ3n) is 3.08. The molecule has 0 aliphatic heterocycles. The molecular formula is C17H19NOS. The summed E-state index contributed by atoms with van der Waals surface area (Å²) < 4.78 is 0. The molecule has 1 aromatic heterocycles. The third kappa shape index (κ3) is 4.50. The molecule has 0 aliphatic carbocycles. The highest BCUT2D eigenvalue weighted by atomic mass is 32.1. The first-order valence-electron chi connectivity index (χ1n) is 6.68. The second-order valence-corrected chi connectivity index (χ2v) is 5.72. The summed E-state index contributed by atoms with van der Waals surface area (Å²) in [4.78, 5) is 3.73. The Kier molecular flexibility index (Phi) is 5.82. The molecular weight excluding hydrogens is 266 g/mol. The van der Waals surface area contributed by atoms with Crippen molar-refractivity contribution in [3.05, 3.63) is 57.8 Å². The van der Waals surface area contributed by atoms with Gasteiger partial charge in [0.1, 0.15) is 6.61 Å². The van der Waals surface area contributed by atoms with Crippen molar-refractivity contribution in [1.82, 2.24) is 4.90 Å². The van der Waals surface area contributed by atoms with E-state index in [-0.39, 0.29) is 6.61 Å². The van der Waals surface area contributed by atoms with E-state index in [1.807, 2.05) is 29.5 Å². The smallest absolute Gasteiger partial charge is 0.104 e. The number of hydrogen-bond acceptors (Lipinski definition) is 3. The Labute approximate surface area is 124 Å². The molecule has 3 heteroatoms. The highest BCUT2D eigenvalue weighted by molar-refractivity contribution is 7.09. The largest absolute Gasteiger partial charge is 0.384 e. The van der Waals surface area contributed by atoms with Gasteiger partial charge in [0.15, 0.2) is 0 Å². The van der Waals surface area contributed by atoms with E-state index < -0.39 is 0 Å². The van der Waals surface area contributed by atoms with E-state index in [2.05, 4.69) is 47.4 Å². The maximum atomic E-state index is 8.81. The van der Waals surface area contributed by atoms with Crippen LogP contribution in [-0.4, -0.2) is 30.2 Å². The molecule has 1 heterocycles. The van der Waals surface area contributed by atoms with Crippen molar-refractivity contribution < 1.29 is 5.11 Å². The molecule has 0 saturated heterocycles. The lowest BCUT2D eigenvalue weighted by atomic mass is 10.1. The Morgan fingerprint density at radius 3 is 2.80 bits per heavy atom. The van der Waals surface area contributed by atoms with Crippen molar-refractivity contribution in [2.24, 2.45) is 0 Å². The van der Waals surface area contributed by atoms with E-state index in [0.717, 1.165) is 25.1 Å². The molecule has 0 unspecified atom stereocenters. The summed E-state index contributed by atoms with van der Waals surface area (Å²) in [5, 5.41) is 10.9. The van der Waals surface area contributed by atoms with Gasteiger partial charge in [0, 0.05) is 23.5 Å². The number of nitrogens with zero attached hydrogens (tertiary/aromatic N) is 1. The van der Waals surface area contributed by atoms with Gasteiger partial charge in [-0.1, -0.05) is 36.1 Å². The topological polar surface area (TPSA) is 23.5 Å². The number of benzene rings is 1. The van der Waals surface area contributed by atoms with Gasteiger partial charge in [-0.05, 0) is 36.5 Å². The van der Waals surface area contributed by atoms with Crippen LogP contribution in [0.3, 0.4) is 0 Å². The zero-order chi connectivity index (χ0) is 14.2. The lowest BCUT2D eigenvalue weighted by Gasteiger charge is -2.17. The number of thiophene rings is 1. The minimum absolute atomic E-state index is 0.0947. The van der Waals surface area contributed by atoms with Gasteiger partial charge in [0.05, 0.1) is 0 Å². The van der Waals surface area contributed by atoms with Crippen LogP contribution in [0.2, 0.25) is 0 Å². The molecule has 1 aromatic carbocycles. The fraction of sp³-hybridized carbons (Fsp3) is 0.294. The van der Waals surface area contributed by atoms with Crippen molar-refractivity contribution in [3.8, 4) is 11.8 Å². The van der Waals surface area contributed by atoms with Crippen LogP contribution in [0.25, 0.3) is 0 Å². The highest BCUT2D eigenvalue weighted by Gasteiger charge is 2.04. The zero-order valence-corrected chi connectivity index (χ0v) is 12.5. The van der Waals surface area contributed by atoms with Crippen LogP contribution >= 0.6 is 11.3 Å². The lowest BCUT2D eigenvalue weighted by molar-refractivity contribution is 0.332. The predicted molar refractivity (Wildman–Crippen MR) is 84.8 cm³/mol. The summed E-state index contributed by atoms with van der Waals surface area (Å²) >= 11 is 1.81. The molecule has 20 heavy (non-hydrogen) atoms. The molecule has 0 fully saturated rings. The quantitative estimate of drug-likeness (QED) is 0.854. The van der Waals surface area contributed by atoms with Gasteiger partial charge in [0.25, 0.3) is 0 Å². The fourth-order valence-corrected chi connectivity index (χ4v) is 2.74. The van der Waals surface area contributed by atoms with Crippen LogP contribution in [0.1, 0.15) is 16.0 Å². The van der Waals surface area contributed by atoms with E-state index in [4.69, 9.17) is 5.11 Å². The van der Waals surface area contributed by atoms with Crippen molar-refractivity contribution in [2.75, 3.05) is 20.2 Å². The van der Waals surface area contributed by atoms with Crippen LogP contribution in [0.15, 0.2) is 41.8 Å². The van der Waals surface area contributed by atoms with Crippen molar-refractivity contribution in [2.45, 2.75) is 13.0 Å². The molecule has 1 N–H and O–H groups in total. The standard InChI is InChI=1S/C17H19NOS/c1-18(11-10-17-9-5-13-20-17)14-16-7-3-2-6-15(16)8-4-12-19/h2-3,5-7,9,13,19H,10-12,14H2,1H3. The number of likely N-dealkylation sites (N-methyl/N-ethyl adjacent to an activating group) is 1. The molecule has 0 atom stereocenters. The van der Waals surface area contributed by atoms with Crippen molar-refractivity contribution >= 4 is 11.3 Å². The Balaban J connectivity index is 1.95. The van der Waals surface area contributed by atoms with Gasteiger partial charge < -0.3 is 10.0 Å². The molecule has 0 saturated carbocycles. The number of rotatable bonds is 5. The molecule has 0 bridgehead atoms. The molecule has 0 radical (unpaired) electrons. The van der Waals surface area contributed by atoms with Crippen molar-refractivity contribution in [1.29, 1.82) is 0 Å². The molecule has 2 rings (SSSR count). The van der Waals surface area contributed by atoms with Crippen LogP contribution in [0.4, 0.5) is 0 Å². The van der Waals surface area contributed by atoms with Crippen LogP contribution in [-0.2, 0) is 13.0 Å². The summed E-state index contributed by atoms with van der Waals surface area (Å²) in [7, 11) is 2.13. The van der Waals surface area contributed by atoms with E-state index in [1.165, 1.54) is 10.4 Å². The first kappa shape index (κ1) is 14.8. The average Bonchev–Trinajstić information content (AvgIpc) is 2.97. The van der Waals surface area contributed by atoms with Crippen LogP contribution < -0.4 is 0 Å². The van der Waals surface area contributed by atoms with Gasteiger partial charge >= 0.3 is 0 Å². The summed E-state index contributed by atoms with van der Waals surface area (Å²) in [5.41, 5.74) is 2.21. The van der Waals surface area contributed by atoms with Crippen molar-refractivity contribution in [3.63, 3.8) is 0 Å². The molecule has 104 valence electrons. The first-order chi connectivity index (χ1) is 9.79. The second kappa shape index (κ2) is 7.86. The van der Waals surface area contributed by atoms with Crippen LogP contribution in [0, 0.1) is 11.8 Å². The first-order valence-corrected chi connectivity index (χ1v) is 7.56. The van der Waals surface area contributed by atoms with E-state index in [9.17, 15) is 0 Å². The van der Waals surface area contributed by atoms with Gasteiger partial charge in [-0.25, -0.2) is 0 Å².